The summed E-state index contributed by atoms with van der Waals surface area (Å²) in [6.45, 7) is 0. The number of benzene rings is 2. The standard InChI is InChI=1S/C8H6N2O7.C6H6N2O2/c1-17-8(12)5-2-4(9(13)14)3-6(7(5)11)10(15)16;7-5-1-3-6(4-2-5)8(9)10/h2-3,11H,1H3;1-4H,7H2. The van der Waals surface area contributed by atoms with Crippen LogP contribution in [0, 0.1) is 30.3 Å². The Morgan fingerprint density at radius 1 is 0.963 bits per heavy atom. The Bertz CT molecular complexity index is 896. The average molecular weight is 380 g/mol. The molecule has 0 aliphatic carbocycles. The molecule has 27 heavy (non-hydrogen) atoms. The van der Waals surface area contributed by atoms with Gasteiger partial charge in [0.25, 0.3) is 11.4 Å². The number of aromatic hydroxyl groups is 1. The quantitative estimate of drug-likeness (QED) is 0.342. The maximum atomic E-state index is 11.2. The van der Waals surface area contributed by atoms with Crippen LogP contribution >= 0.6 is 0 Å². The molecule has 0 atom stereocenters. The van der Waals surface area contributed by atoms with Gasteiger partial charge in [0.05, 0.1) is 27.9 Å². The number of hydrogen-bond donors (Lipinski definition) is 2. The van der Waals surface area contributed by atoms with E-state index >= 15 is 0 Å². The number of non-ortho nitro benzene ring substituents is 2. The highest BCUT2D eigenvalue weighted by Crippen LogP contribution is 2.34. The molecule has 2 rings (SSSR count). The minimum Gasteiger partial charge on any atom is -0.501 e. The normalized spacial score (nSPS) is 9.52. The molecule has 0 unspecified atom stereocenters. The summed E-state index contributed by atoms with van der Waals surface area (Å²) in [5, 5.41) is 40.5. The van der Waals surface area contributed by atoms with Crippen molar-refractivity contribution in [1.29, 1.82) is 0 Å². The van der Waals surface area contributed by atoms with Crippen molar-refractivity contribution in [2.75, 3.05) is 12.8 Å². The Kier molecular flexibility index (Phi) is 6.69. The average Bonchev–Trinajstić information content (AvgIpc) is 2.61. The number of hydrogen-bond acceptors (Lipinski definition) is 10. The fraction of sp³-hybridized carbons (Fsp3) is 0.0714. The second-order valence-electron chi connectivity index (χ2n) is 4.72. The van der Waals surface area contributed by atoms with Crippen molar-refractivity contribution < 1.29 is 29.4 Å². The number of carbonyl (C=O) groups excluding carboxylic acids is 1. The number of nitrogen functional groups attached to an aromatic ring is 1. The molecule has 0 amide bonds. The third-order valence-corrected chi connectivity index (χ3v) is 2.99. The monoisotopic (exact) mass is 380 g/mol. The number of nitrogens with two attached hydrogens (primary N) is 1. The molecule has 0 saturated heterocycles. The van der Waals surface area contributed by atoms with Gasteiger partial charge in [0.2, 0.25) is 5.75 Å². The van der Waals surface area contributed by atoms with Gasteiger partial charge in [0.1, 0.15) is 5.56 Å². The number of anilines is 1. The number of phenolic OH excluding ortho intramolecular Hbond substituents is 1. The Hall–Kier alpha value is -4.29. The lowest BCUT2D eigenvalue weighted by atomic mass is 10.1. The van der Waals surface area contributed by atoms with E-state index in [4.69, 9.17) is 5.73 Å². The molecule has 13 heteroatoms. The molecule has 2 aromatic rings. The molecule has 0 saturated carbocycles. The van der Waals surface area contributed by atoms with Crippen LogP contribution in [-0.2, 0) is 4.74 Å². The molecule has 142 valence electrons. The van der Waals surface area contributed by atoms with Crippen LogP contribution in [0.4, 0.5) is 22.7 Å². The zero-order valence-electron chi connectivity index (χ0n) is 13.6. The van der Waals surface area contributed by atoms with Crippen LogP contribution in [0.1, 0.15) is 10.4 Å². The van der Waals surface area contributed by atoms with Crippen molar-refractivity contribution in [2.45, 2.75) is 0 Å². The van der Waals surface area contributed by atoms with Gasteiger partial charge >= 0.3 is 11.7 Å². The van der Waals surface area contributed by atoms with E-state index in [1.165, 1.54) is 24.3 Å². The summed E-state index contributed by atoms with van der Waals surface area (Å²) < 4.78 is 4.24. The number of phenols is 1. The molecule has 0 aliphatic rings. The van der Waals surface area contributed by atoms with Crippen LogP contribution in [0.5, 0.6) is 5.75 Å². The predicted molar refractivity (Wildman–Crippen MR) is 90.3 cm³/mol. The van der Waals surface area contributed by atoms with Crippen LogP contribution in [0.3, 0.4) is 0 Å². The number of nitro benzene ring substituents is 3. The first-order chi connectivity index (χ1) is 12.6. The Morgan fingerprint density at radius 2 is 1.48 bits per heavy atom. The van der Waals surface area contributed by atoms with Crippen LogP contribution in [-0.4, -0.2) is 33.0 Å². The number of esters is 1. The van der Waals surface area contributed by atoms with Crippen LogP contribution in [0.15, 0.2) is 36.4 Å². The fourth-order valence-electron chi connectivity index (χ4n) is 1.71. The molecule has 0 bridgehead atoms. The molecule has 2 aromatic carbocycles. The first kappa shape index (κ1) is 20.8. The van der Waals surface area contributed by atoms with Crippen molar-refractivity contribution in [2.24, 2.45) is 0 Å². The number of methoxy groups -OCH3 is 1. The van der Waals surface area contributed by atoms with E-state index < -0.39 is 43.4 Å². The van der Waals surface area contributed by atoms with Crippen molar-refractivity contribution in [1.82, 2.24) is 0 Å². The zero-order valence-corrected chi connectivity index (χ0v) is 13.6. The maximum absolute atomic E-state index is 11.2. The number of ether oxygens (including phenoxy) is 1. The van der Waals surface area contributed by atoms with Gasteiger partial charge in [-0.15, -0.1) is 0 Å². The predicted octanol–water partition coefficient (Wildman–Crippen LogP) is 2.17. The SMILES string of the molecule is COC(=O)c1cc([N+](=O)[O-])cc([N+](=O)[O-])c1O.Nc1ccc([N+](=O)[O-])cc1. The molecule has 0 spiro atoms. The van der Waals surface area contributed by atoms with E-state index in [1.807, 2.05) is 0 Å². The van der Waals surface area contributed by atoms with Crippen molar-refractivity contribution in [3.8, 4) is 5.75 Å². The van der Waals surface area contributed by atoms with Gasteiger partial charge in [-0.25, -0.2) is 4.79 Å². The maximum Gasteiger partial charge on any atom is 0.342 e. The third-order valence-electron chi connectivity index (χ3n) is 2.99. The minimum absolute atomic E-state index is 0.0641. The van der Waals surface area contributed by atoms with Crippen LogP contribution < -0.4 is 5.73 Å². The summed E-state index contributed by atoms with van der Waals surface area (Å²) in [6.07, 6.45) is 0. The molecular formula is C14H12N4O9. The molecule has 0 aliphatic heterocycles. The molecule has 0 aromatic heterocycles. The second kappa shape index (κ2) is 8.70. The van der Waals surface area contributed by atoms with Gasteiger partial charge in [-0.05, 0) is 12.1 Å². The van der Waals surface area contributed by atoms with E-state index in [-0.39, 0.29) is 5.69 Å². The minimum atomic E-state index is -1.10. The summed E-state index contributed by atoms with van der Waals surface area (Å²) in [5.74, 6) is -2.07. The van der Waals surface area contributed by atoms with Crippen LogP contribution in [0.25, 0.3) is 0 Å². The summed E-state index contributed by atoms with van der Waals surface area (Å²) >= 11 is 0. The van der Waals surface area contributed by atoms with Gasteiger partial charge in [0.15, 0.2) is 0 Å². The van der Waals surface area contributed by atoms with Gasteiger partial charge < -0.3 is 15.6 Å². The van der Waals surface area contributed by atoms with Gasteiger partial charge in [-0.1, -0.05) is 0 Å². The smallest absolute Gasteiger partial charge is 0.342 e. The summed E-state index contributed by atoms with van der Waals surface area (Å²) in [6, 6.07) is 7.00. The zero-order chi connectivity index (χ0) is 20.7. The van der Waals surface area contributed by atoms with Gasteiger partial charge in [-0.3, -0.25) is 30.3 Å². The summed E-state index contributed by atoms with van der Waals surface area (Å²) in [7, 11) is 0.979. The fourth-order valence-corrected chi connectivity index (χ4v) is 1.71. The second-order valence-corrected chi connectivity index (χ2v) is 4.72. The summed E-state index contributed by atoms with van der Waals surface area (Å²) in [4.78, 5) is 39.9. The topological polar surface area (TPSA) is 202 Å². The lowest BCUT2D eigenvalue weighted by Crippen LogP contribution is -2.04. The molecule has 0 fully saturated rings. The first-order valence-electron chi connectivity index (χ1n) is 6.82. The van der Waals surface area contributed by atoms with Crippen molar-refractivity contribution >= 4 is 28.7 Å². The highest BCUT2D eigenvalue weighted by Gasteiger charge is 2.27. The van der Waals surface area contributed by atoms with Crippen LogP contribution in [0.2, 0.25) is 0 Å². The van der Waals surface area contributed by atoms with E-state index in [0.29, 0.717) is 17.8 Å². The number of carbonyl (C=O) groups is 1. The van der Waals surface area contributed by atoms with E-state index in [0.717, 1.165) is 7.11 Å². The number of rotatable bonds is 4. The van der Waals surface area contributed by atoms with E-state index in [2.05, 4.69) is 4.74 Å². The third kappa shape index (κ3) is 5.35. The Morgan fingerprint density at radius 3 is 1.89 bits per heavy atom. The Balaban J connectivity index is 0.000000309. The van der Waals surface area contributed by atoms with Crippen molar-refractivity contribution in [3.05, 3.63) is 72.3 Å². The van der Waals surface area contributed by atoms with Gasteiger partial charge in [-0.2, -0.15) is 0 Å². The highest BCUT2D eigenvalue weighted by atomic mass is 16.6. The first-order valence-corrected chi connectivity index (χ1v) is 6.82. The van der Waals surface area contributed by atoms with Gasteiger partial charge in [0, 0.05) is 23.9 Å². The molecule has 0 radical (unpaired) electrons. The van der Waals surface area contributed by atoms with Crippen molar-refractivity contribution in [3.63, 3.8) is 0 Å². The number of nitro groups is 3. The molecule has 3 N–H and O–H groups in total. The Labute approximate surface area is 150 Å². The highest BCUT2D eigenvalue weighted by molar-refractivity contribution is 5.94. The lowest BCUT2D eigenvalue weighted by Gasteiger charge is -2.03. The molecular weight excluding hydrogens is 368 g/mol. The summed E-state index contributed by atoms with van der Waals surface area (Å²) in [5.41, 5.74) is 3.65. The molecule has 13 nitrogen and oxygen atoms in total. The lowest BCUT2D eigenvalue weighted by molar-refractivity contribution is -0.394. The van der Waals surface area contributed by atoms with E-state index in [9.17, 15) is 40.2 Å². The van der Waals surface area contributed by atoms with E-state index in [1.54, 1.807) is 0 Å². The number of nitrogens with zero attached hydrogens (tertiary/aromatic N) is 3. The molecule has 0 heterocycles. The largest absolute Gasteiger partial charge is 0.501 e.